The van der Waals surface area contributed by atoms with E-state index in [-0.39, 0.29) is 5.78 Å². The number of benzene rings is 2. The molecule has 27 heavy (non-hydrogen) atoms. The molecule has 4 nitrogen and oxygen atoms in total. The molecule has 0 amide bonds. The summed E-state index contributed by atoms with van der Waals surface area (Å²) in [5.74, 6) is 0.817. The van der Waals surface area contributed by atoms with Crippen LogP contribution in [-0.4, -0.2) is 30.7 Å². The number of nitrogens with zero attached hydrogens (tertiary/aromatic N) is 1. The zero-order valence-electron chi connectivity index (χ0n) is 16.3. The monoisotopic (exact) mass is 365 g/mol. The number of rotatable bonds is 9. The Morgan fingerprint density at radius 3 is 2.56 bits per heavy atom. The summed E-state index contributed by atoms with van der Waals surface area (Å²) in [5.41, 5.74) is 3.55. The molecule has 0 aliphatic heterocycles. The molecule has 0 spiro atoms. The first kappa shape index (κ1) is 19.2. The van der Waals surface area contributed by atoms with Gasteiger partial charge in [0, 0.05) is 41.9 Å². The number of aryl methyl sites for hydroxylation is 1. The van der Waals surface area contributed by atoms with Gasteiger partial charge in [-0.25, -0.2) is 0 Å². The first-order valence-corrected chi connectivity index (χ1v) is 9.51. The van der Waals surface area contributed by atoms with Gasteiger partial charge in [0.25, 0.3) is 0 Å². The third-order valence-electron chi connectivity index (χ3n) is 4.92. The first-order chi connectivity index (χ1) is 13.2. The lowest BCUT2D eigenvalue weighted by Gasteiger charge is -2.09. The van der Waals surface area contributed by atoms with Crippen LogP contribution in [0.1, 0.15) is 41.4 Å². The van der Waals surface area contributed by atoms with Crippen LogP contribution < -0.4 is 4.74 Å². The molecule has 3 aromatic rings. The van der Waals surface area contributed by atoms with E-state index in [2.05, 4.69) is 4.57 Å². The number of carbonyl (C=O) groups is 1. The van der Waals surface area contributed by atoms with Crippen molar-refractivity contribution in [3.05, 3.63) is 65.4 Å². The number of fused-ring (bicyclic) bond motifs is 1. The number of hydrogen-bond donors (Lipinski definition) is 0. The zero-order chi connectivity index (χ0) is 19.2. The van der Waals surface area contributed by atoms with E-state index >= 15 is 0 Å². The molecule has 3 rings (SSSR count). The molecular weight excluding hydrogens is 338 g/mol. The molecule has 0 aliphatic rings. The van der Waals surface area contributed by atoms with Crippen LogP contribution in [0.3, 0.4) is 0 Å². The predicted octanol–water partition coefficient (Wildman–Crippen LogP) is 5.01. The minimum Gasteiger partial charge on any atom is -0.497 e. The summed E-state index contributed by atoms with van der Waals surface area (Å²) >= 11 is 0. The smallest absolute Gasteiger partial charge is 0.195 e. The van der Waals surface area contributed by atoms with Gasteiger partial charge >= 0.3 is 0 Å². The molecule has 142 valence electrons. The van der Waals surface area contributed by atoms with E-state index in [0.717, 1.165) is 60.5 Å². The topological polar surface area (TPSA) is 40.5 Å². The molecule has 0 N–H and O–H groups in total. The maximum atomic E-state index is 13.2. The summed E-state index contributed by atoms with van der Waals surface area (Å²) in [5, 5.41) is 0.950. The second-order valence-corrected chi connectivity index (χ2v) is 6.59. The molecule has 2 aromatic carbocycles. The van der Waals surface area contributed by atoms with Crippen LogP contribution in [0.5, 0.6) is 5.75 Å². The van der Waals surface area contributed by atoms with Crippen LogP contribution in [-0.2, 0) is 11.3 Å². The standard InChI is InChI=1S/C23H27NO3/c1-4-27-15-9-8-14-24-17(2)22(23(25)18-10-6-5-7-11-18)20-16-19(26-3)12-13-21(20)24/h5-7,10-13,16H,4,8-9,14-15H2,1-3H3. The molecule has 0 bridgehead atoms. The Morgan fingerprint density at radius 2 is 1.85 bits per heavy atom. The van der Waals surface area contributed by atoms with Crippen molar-refractivity contribution >= 4 is 16.7 Å². The Bertz CT molecular complexity index is 912. The van der Waals surface area contributed by atoms with Gasteiger partial charge in [-0.05, 0) is 44.9 Å². The highest BCUT2D eigenvalue weighted by Crippen LogP contribution is 2.31. The molecule has 0 atom stereocenters. The summed E-state index contributed by atoms with van der Waals surface area (Å²) < 4.78 is 13.1. The van der Waals surface area contributed by atoms with Crippen LogP contribution in [0.25, 0.3) is 10.9 Å². The second-order valence-electron chi connectivity index (χ2n) is 6.59. The molecule has 0 saturated carbocycles. The lowest BCUT2D eigenvalue weighted by atomic mass is 10.0. The molecule has 4 heteroatoms. The summed E-state index contributed by atoms with van der Waals surface area (Å²) in [6, 6.07) is 15.4. The van der Waals surface area contributed by atoms with E-state index < -0.39 is 0 Å². The normalized spacial score (nSPS) is 11.1. The highest BCUT2D eigenvalue weighted by atomic mass is 16.5. The molecular formula is C23H27NO3. The number of ether oxygens (including phenoxy) is 2. The van der Waals surface area contributed by atoms with Crippen LogP contribution in [0, 0.1) is 6.92 Å². The fourth-order valence-corrected chi connectivity index (χ4v) is 3.52. The molecule has 1 heterocycles. The molecule has 0 saturated heterocycles. The largest absolute Gasteiger partial charge is 0.497 e. The third kappa shape index (κ3) is 4.06. The van der Waals surface area contributed by atoms with Gasteiger partial charge in [0.1, 0.15) is 5.75 Å². The minimum absolute atomic E-state index is 0.0550. The lowest BCUT2D eigenvalue weighted by molar-refractivity contribution is 0.103. The first-order valence-electron chi connectivity index (χ1n) is 9.51. The highest BCUT2D eigenvalue weighted by Gasteiger charge is 2.21. The maximum Gasteiger partial charge on any atom is 0.195 e. The van der Waals surface area contributed by atoms with Crippen molar-refractivity contribution in [1.29, 1.82) is 0 Å². The average molecular weight is 365 g/mol. The SMILES string of the molecule is CCOCCCCn1c(C)c(C(=O)c2ccccc2)c2cc(OC)ccc21. The van der Waals surface area contributed by atoms with Gasteiger partial charge in [-0.2, -0.15) is 0 Å². The van der Waals surface area contributed by atoms with Crippen molar-refractivity contribution in [3.63, 3.8) is 0 Å². The Morgan fingerprint density at radius 1 is 1.07 bits per heavy atom. The summed E-state index contributed by atoms with van der Waals surface area (Å²) in [6.07, 6.45) is 2.01. The fourth-order valence-electron chi connectivity index (χ4n) is 3.52. The third-order valence-corrected chi connectivity index (χ3v) is 4.92. The van der Waals surface area contributed by atoms with Crippen LogP contribution in [0.15, 0.2) is 48.5 Å². The predicted molar refractivity (Wildman–Crippen MR) is 109 cm³/mol. The van der Waals surface area contributed by atoms with Crippen LogP contribution in [0.4, 0.5) is 0 Å². The highest BCUT2D eigenvalue weighted by molar-refractivity contribution is 6.17. The van der Waals surface area contributed by atoms with E-state index in [1.54, 1.807) is 7.11 Å². The summed E-state index contributed by atoms with van der Waals surface area (Å²) in [6.45, 7) is 6.44. The Balaban J connectivity index is 2.01. The lowest BCUT2D eigenvalue weighted by Crippen LogP contribution is -2.06. The number of unbranched alkanes of at least 4 members (excludes halogenated alkanes) is 1. The molecule has 0 fully saturated rings. The molecule has 0 radical (unpaired) electrons. The molecule has 1 aromatic heterocycles. The van der Waals surface area contributed by atoms with E-state index in [9.17, 15) is 4.79 Å². The number of hydrogen-bond acceptors (Lipinski definition) is 3. The van der Waals surface area contributed by atoms with Gasteiger partial charge in [-0.1, -0.05) is 30.3 Å². The van der Waals surface area contributed by atoms with E-state index in [1.165, 1.54) is 0 Å². The number of ketones is 1. The fraction of sp³-hybridized carbons (Fsp3) is 0.348. The maximum absolute atomic E-state index is 13.2. The van der Waals surface area contributed by atoms with Crippen molar-refractivity contribution in [3.8, 4) is 5.75 Å². The zero-order valence-corrected chi connectivity index (χ0v) is 16.3. The van der Waals surface area contributed by atoms with E-state index in [0.29, 0.717) is 5.56 Å². The van der Waals surface area contributed by atoms with E-state index in [1.807, 2.05) is 62.4 Å². The second kappa shape index (κ2) is 8.87. The molecule has 0 unspecified atom stereocenters. The van der Waals surface area contributed by atoms with Gasteiger partial charge in [0.05, 0.1) is 12.7 Å². The Labute approximate surface area is 160 Å². The van der Waals surface area contributed by atoms with Crippen molar-refractivity contribution in [2.75, 3.05) is 20.3 Å². The molecule has 0 aliphatic carbocycles. The van der Waals surface area contributed by atoms with Gasteiger partial charge in [0.15, 0.2) is 5.78 Å². The Kier molecular flexibility index (Phi) is 6.30. The summed E-state index contributed by atoms with van der Waals surface area (Å²) in [4.78, 5) is 13.2. The van der Waals surface area contributed by atoms with Gasteiger partial charge in [-0.15, -0.1) is 0 Å². The minimum atomic E-state index is 0.0550. The Hall–Kier alpha value is -2.59. The quantitative estimate of drug-likeness (QED) is 0.395. The number of carbonyl (C=O) groups excluding carboxylic acids is 1. The van der Waals surface area contributed by atoms with Gasteiger partial charge < -0.3 is 14.0 Å². The van der Waals surface area contributed by atoms with Crippen molar-refractivity contribution < 1.29 is 14.3 Å². The van der Waals surface area contributed by atoms with Gasteiger partial charge in [-0.3, -0.25) is 4.79 Å². The number of methoxy groups -OCH3 is 1. The van der Waals surface area contributed by atoms with Crippen molar-refractivity contribution in [1.82, 2.24) is 4.57 Å². The summed E-state index contributed by atoms with van der Waals surface area (Å²) in [7, 11) is 1.65. The average Bonchev–Trinajstić information content (AvgIpc) is 2.98. The van der Waals surface area contributed by atoms with Crippen molar-refractivity contribution in [2.45, 2.75) is 33.2 Å². The number of aromatic nitrogens is 1. The van der Waals surface area contributed by atoms with Crippen molar-refractivity contribution in [2.24, 2.45) is 0 Å². The van der Waals surface area contributed by atoms with Crippen LogP contribution in [0.2, 0.25) is 0 Å². The van der Waals surface area contributed by atoms with Crippen LogP contribution >= 0.6 is 0 Å². The van der Waals surface area contributed by atoms with Gasteiger partial charge in [0.2, 0.25) is 0 Å². The van der Waals surface area contributed by atoms with E-state index in [4.69, 9.17) is 9.47 Å².